The van der Waals surface area contributed by atoms with Gasteiger partial charge in [-0.1, -0.05) is 0 Å². The lowest BCUT2D eigenvalue weighted by Gasteiger charge is -2.30. The third-order valence-electron chi connectivity index (χ3n) is 4.58. The van der Waals surface area contributed by atoms with Gasteiger partial charge in [-0.3, -0.25) is 0 Å². The minimum absolute atomic E-state index is 0.192. The summed E-state index contributed by atoms with van der Waals surface area (Å²) >= 11 is 0. The molecule has 0 aromatic carbocycles. The Labute approximate surface area is 157 Å². The highest BCUT2D eigenvalue weighted by Gasteiger charge is 2.24. The van der Waals surface area contributed by atoms with E-state index in [1.54, 1.807) is 0 Å². The molecule has 1 saturated heterocycles. The predicted molar refractivity (Wildman–Crippen MR) is 105 cm³/mol. The monoisotopic (exact) mass is 382 g/mol. The molecule has 9 heteroatoms. The number of aliphatic hydroxyl groups is 1. The second-order valence-corrected chi connectivity index (χ2v) is 8.52. The Balaban J connectivity index is 1.74. The lowest BCUT2D eigenvalue weighted by molar-refractivity contribution is 0.158. The lowest BCUT2D eigenvalue weighted by atomic mass is 9.94. The molecule has 1 aliphatic heterocycles. The highest BCUT2D eigenvalue weighted by Crippen LogP contribution is 2.28. The smallest absolute Gasteiger partial charge is 0.227 e. The van der Waals surface area contributed by atoms with E-state index >= 15 is 0 Å². The van der Waals surface area contributed by atoms with Crippen LogP contribution in [-0.2, 0) is 23.8 Å². The molecule has 8 nitrogen and oxygen atoms in total. The van der Waals surface area contributed by atoms with E-state index < -0.39 is 11.0 Å². The molecule has 4 N–H and O–H groups in total. The van der Waals surface area contributed by atoms with Crippen LogP contribution in [0.5, 0.6) is 0 Å². The first-order valence-electron chi connectivity index (χ1n) is 9.45. The highest BCUT2D eigenvalue weighted by atomic mass is 32.2. The molecule has 1 aromatic heterocycles. The van der Waals surface area contributed by atoms with E-state index in [1.165, 1.54) is 0 Å². The zero-order valence-corrected chi connectivity index (χ0v) is 16.4. The Morgan fingerprint density at radius 1 is 1.35 bits per heavy atom. The fourth-order valence-electron chi connectivity index (χ4n) is 3.32. The van der Waals surface area contributed by atoms with Gasteiger partial charge in [0.1, 0.15) is 5.82 Å². The van der Waals surface area contributed by atoms with Gasteiger partial charge in [0.05, 0.1) is 28.5 Å². The molecule has 0 bridgehead atoms. The molecular formula is C17H30N6O2S. The van der Waals surface area contributed by atoms with Crippen LogP contribution in [0.3, 0.4) is 0 Å². The van der Waals surface area contributed by atoms with Crippen LogP contribution in [0.2, 0.25) is 0 Å². The Hall–Kier alpha value is -1.29. The number of rotatable bonds is 7. The molecular weight excluding hydrogens is 352 g/mol. The molecule has 1 fully saturated rings. The molecule has 0 saturated carbocycles. The van der Waals surface area contributed by atoms with Gasteiger partial charge in [-0.05, 0) is 26.7 Å². The van der Waals surface area contributed by atoms with Crippen molar-refractivity contribution in [2.75, 3.05) is 48.7 Å². The summed E-state index contributed by atoms with van der Waals surface area (Å²) in [7, 11) is -1.07. The average molecular weight is 383 g/mol. The zero-order chi connectivity index (χ0) is 18.5. The molecule has 1 aliphatic carbocycles. The normalized spacial score (nSPS) is 21.5. The van der Waals surface area contributed by atoms with E-state index in [-0.39, 0.29) is 12.1 Å². The van der Waals surface area contributed by atoms with Gasteiger partial charge in [0.25, 0.3) is 0 Å². The molecule has 1 aromatic rings. The van der Waals surface area contributed by atoms with Gasteiger partial charge < -0.3 is 20.6 Å². The number of piperazine rings is 1. The Morgan fingerprint density at radius 3 is 2.85 bits per heavy atom. The molecule has 0 spiro atoms. The van der Waals surface area contributed by atoms with Crippen molar-refractivity contribution in [1.29, 1.82) is 0 Å². The van der Waals surface area contributed by atoms with E-state index in [0.29, 0.717) is 18.7 Å². The number of aromatic nitrogens is 2. The second kappa shape index (κ2) is 9.07. The number of nitrogens with zero attached hydrogens (tertiary/aromatic N) is 3. The number of fused-ring (bicyclic) bond motifs is 1. The molecule has 26 heavy (non-hydrogen) atoms. The first-order chi connectivity index (χ1) is 12.5. The van der Waals surface area contributed by atoms with E-state index in [0.717, 1.165) is 62.0 Å². The SMILES string of the molecule is CC(C)NS(=O)CCNc1nc(N2CCNCC2)nc2c1CC(O)CC2. The van der Waals surface area contributed by atoms with E-state index in [9.17, 15) is 9.32 Å². The summed E-state index contributed by atoms with van der Waals surface area (Å²) in [5.74, 6) is 2.04. The summed E-state index contributed by atoms with van der Waals surface area (Å²) in [5, 5.41) is 16.7. The van der Waals surface area contributed by atoms with Crippen molar-refractivity contribution in [3.63, 3.8) is 0 Å². The minimum atomic E-state index is -1.07. The van der Waals surface area contributed by atoms with Crippen LogP contribution >= 0.6 is 0 Å². The van der Waals surface area contributed by atoms with Crippen molar-refractivity contribution in [3.8, 4) is 0 Å². The Bertz CT molecular complexity index is 636. The lowest BCUT2D eigenvalue weighted by Crippen LogP contribution is -2.44. The van der Waals surface area contributed by atoms with Crippen molar-refractivity contribution in [3.05, 3.63) is 11.3 Å². The van der Waals surface area contributed by atoms with Crippen LogP contribution < -0.4 is 20.3 Å². The van der Waals surface area contributed by atoms with Gasteiger partial charge >= 0.3 is 0 Å². The van der Waals surface area contributed by atoms with E-state index in [2.05, 4.69) is 20.3 Å². The maximum atomic E-state index is 12.0. The minimum Gasteiger partial charge on any atom is -0.393 e. The summed E-state index contributed by atoms with van der Waals surface area (Å²) in [5.41, 5.74) is 2.04. The third kappa shape index (κ3) is 5.12. The van der Waals surface area contributed by atoms with Crippen LogP contribution in [0.1, 0.15) is 31.5 Å². The molecule has 0 radical (unpaired) electrons. The van der Waals surface area contributed by atoms with Gasteiger partial charge in [-0.15, -0.1) is 0 Å². The molecule has 2 unspecified atom stereocenters. The summed E-state index contributed by atoms with van der Waals surface area (Å²) in [4.78, 5) is 11.7. The highest BCUT2D eigenvalue weighted by molar-refractivity contribution is 7.83. The van der Waals surface area contributed by atoms with Gasteiger partial charge in [-0.25, -0.2) is 13.9 Å². The van der Waals surface area contributed by atoms with Crippen molar-refractivity contribution in [2.45, 2.75) is 45.3 Å². The predicted octanol–water partition coefficient (Wildman–Crippen LogP) is -0.191. The van der Waals surface area contributed by atoms with Crippen molar-refractivity contribution >= 4 is 22.8 Å². The average Bonchev–Trinajstić information content (AvgIpc) is 2.62. The molecule has 2 heterocycles. The van der Waals surface area contributed by atoms with Crippen LogP contribution in [0.15, 0.2) is 0 Å². The molecule has 3 rings (SSSR count). The van der Waals surface area contributed by atoms with Gasteiger partial charge in [0, 0.05) is 50.7 Å². The quantitative estimate of drug-likeness (QED) is 0.518. The maximum absolute atomic E-state index is 12.0. The number of anilines is 2. The number of hydrogen-bond donors (Lipinski definition) is 4. The van der Waals surface area contributed by atoms with E-state index in [4.69, 9.17) is 9.97 Å². The van der Waals surface area contributed by atoms with Crippen molar-refractivity contribution in [1.82, 2.24) is 20.0 Å². The maximum Gasteiger partial charge on any atom is 0.227 e. The second-order valence-electron chi connectivity index (χ2n) is 7.18. The summed E-state index contributed by atoms with van der Waals surface area (Å²) in [6.07, 6.45) is 1.75. The summed E-state index contributed by atoms with van der Waals surface area (Å²) in [6, 6.07) is 0.192. The summed E-state index contributed by atoms with van der Waals surface area (Å²) in [6.45, 7) is 8.17. The molecule has 2 aliphatic rings. The Kier molecular flexibility index (Phi) is 6.80. The Morgan fingerprint density at radius 2 is 2.12 bits per heavy atom. The number of nitrogens with one attached hydrogen (secondary N) is 3. The fourth-order valence-corrected chi connectivity index (χ4v) is 4.25. The van der Waals surface area contributed by atoms with Gasteiger partial charge in [0.2, 0.25) is 5.95 Å². The standard InChI is InChI=1S/C17H30N6O2S/c1-12(2)22-26(25)10-7-19-16-14-11-13(24)3-4-15(14)20-17(21-16)23-8-5-18-6-9-23/h12-13,18,22,24H,3-11H2,1-2H3,(H,19,20,21). The van der Waals surface area contributed by atoms with Gasteiger partial charge in [0.15, 0.2) is 0 Å². The molecule has 146 valence electrons. The topological polar surface area (TPSA) is 102 Å². The van der Waals surface area contributed by atoms with Crippen molar-refractivity contribution in [2.24, 2.45) is 0 Å². The number of aryl methyl sites for hydroxylation is 1. The van der Waals surface area contributed by atoms with Crippen LogP contribution in [0, 0.1) is 0 Å². The largest absolute Gasteiger partial charge is 0.393 e. The first-order valence-corrected chi connectivity index (χ1v) is 10.8. The number of hydrogen-bond acceptors (Lipinski definition) is 7. The van der Waals surface area contributed by atoms with Crippen LogP contribution in [0.25, 0.3) is 0 Å². The van der Waals surface area contributed by atoms with Crippen LogP contribution in [-0.4, -0.2) is 69.9 Å². The summed E-state index contributed by atoms with van der Waals surface area (Å²) < 4.78 is 15.0. The number of aliphatic hydroxyl groups excluding tert-OH is 1. The van der Waals surface area contributed by atoms with Crippen molar-refractivity contribution < 1.29 is 9.32 Å². The fraction of sp³-hybridized carbons (Fsp3) is 0.765. The third-order valence-corrected chi connectivity index (χ3v) is 5.89. The molecule has 2 atom stereocenters. The first kappa shape index (κ1) is 19.5. The van der Waals surface area contributed by atoms with Crippen LogP contribution in [0.4, 0.5) is 11.8 Å². The molecule has 0 amide bonds. The zero-order valence-electron chi connectivity index (χ0n) is 15.6. The van der Waals surface area contributed by atoms with Gasteiger partial charge in [-0.2, -0.15) is 4.98 Å². The van der Waals surface area contributed by atoms with E-state index in [1.807, 2.05) is 13.8 Å².